The van der Waals surface area contributed by atoms with E-state index < -0.39 is 0 Å². The Morgan fingerprint density at radius 1 is 1.29 bits per heavy atom. The van der Waals surface area contributed by atoms with E-state index in [0.717, 1.165) is 39.5 Å². The van der Waals surface area contributed by atoms with Crippen molar-refractivity contribution in [1.29, 1.82) is 0 Å². The number of nitrogens with one attached hydrogen (secondary N) is 1. The third-order valence-electron chi connectivity index (χ3n) is 5.04. The van der Waals surface area contributed by atoms with E-state index in [0.29, 0.717) is 36.5 Å². The third-order valence-corrected chi connectivity index (χ3v) is 6.77. The first-order valence-electron chi connectivity index (χ1n) is 9.65. The first-order valence-corrected chi connectivity index (χ1v) is 11.3. The van der Waals surface area contributed by atoms with Crippen LogP contribution in [0.5, 0.6) is 11.5 Å². The maximum absolute atomic E-state index is 12.9. The largest absolute Gasteiger partial charge is 0.490 e. The van der Waals surface area contributed by atoms with Gasteiger partial charge in [-0.1, -0.05) is 6.92 Å². The molecule has 1 aliphatic rings. The number of hydrogen-bond donors (Lipinski definition) is 1. The molecular formula is C21H23BrN2O3S. The molecule has 2 aromatic heterocycles. The second-order valence-corrected chi connectivity index (χ2v) is 9.04. The van der Waals surface area contributed by atoms with Crippen LogP contribution >= 0.6 is 27.3 Å². The molecule has 4 rings (SSSR count). The molecule has 7 heteroatoms. The van der Waals surface area contributed by atoms with E-state index in [1.807, 2.05) is 26.0 Å². The van der Waals surface area contributed by atoms with Gasteiger partial charge in [0.05, 0.1) is 23.1 Å². The second-order valence-electron chi connectivity index (χ2n) is 7.10. The third kappa shape index (κ3) is 3.46. The van der Waals surface area contributed by atoms with E-state index in [4.69, 9.17) is 14.5 Å². The van der Waals surface area contributed by atoms with Gasteiger partial charge >= 0.3 is 0 Å². The summed E-state index contributed by atoms with van der Waals surface area (Å²) in [5.41, 5.74) is 1.92. The summed E-state index contributed by atoms with van der Waals surface area (Å²) in [5, 5.41) is 0.769. The first kappa shape index (κ1) is 19.5. The van der Waals surface area contributed by atoms with E-state index in [-0.39, 0.29) is 5.56 Å². The molecule has 5 nitrogen and oxygen atoms in total. The van der Waals surface area contributed by atoms with E-state index in [1.165, 1.54) is 10.4 Å². The second kappa shape index (κ2) is 7.87. The summed E-state index contributed by atoms with van der Waals surface area (Å²) in [5.74, 6) is 2.51. The number of hydrogen-bond acceptors (Lipinski definition) is 5. The minimum atomic E-state index is -0.0602. The van der Waals surface area contributed by atoms with Gasteiger partial charge in [0, 0.05) is 10.4 Å². The molecule has 0 fully saturated rings. The fourth-order valence-corrected chi connectivity index (χ4v) is 5.68. The van der Waals surface area contributed by atoms with Crippen molar-refractivity contribution in [1.82, 2.24) is 9.97 Å². The van der Waals surface area contributed by atoms with E-state index in [2.05, 4.69) is 27.8 Å². The zero-order valence-corrected chi connectivity index (χ0v) is 18.6. The van der Waals surface area contributed by atoms with Crippen LogP contribution < -0.4 is 15.0 Å². The van der Waals surface area contributed by atoms with Crippen molar-refractivity contribution < 1.29 is 9.47 Å². The number of aryl methyl sites for hydroxylation is 1. The van der Waals surface area contributed by atoms with Crippen LogP contribution in [-0.4, -0.2) is 23.2 Å². The molecule has 1 aliphatic carbocycles. The highest BCUT2D eigenvalue weighted by atomic mass is 79.9. The van der Waals surface area contributed by atoms with Crippen LogP contribution in [0.25, 0.3) is 21.6 Å². The molecule has 0 saturated heterocycles. The molecule has 0 bridgehead atoms. The Kier molecular flexibility index (Phi) is 5.47. The van der Waals surface area contributed by atoms with Crippen molar-refractivity contribution in [2.75, 3.05) is 13.2 Å². The fraction of sp³-hybridized carbons (Fsp3) is 0.429. The van der Waals surface area contributed by atoms with Gasteiger partial charge in [0.15, 0.2) is 11.5 Å². The number of nitrogens with zero attached hydrogens (tertiary/aromatic N) is 1. The molecular weight excluding hydrogens is 440 g/mol. The number of H-pyrrole nitrogens is 1. The van der Waals surface area contributed by atoms with Gasteiger partial charge in [0.1, 0.15) is 10.7 Å². The predicted octanol–water partition coefficient (Wildman–Crippen LogP) is 5.34. The standard InChI is InChI=1S/C21H23BrN2O3S/c1-4-26-15-10-12(9-14(22)18(15)27-5-2)19-23-20(25)17-13-7-6-11(3)8-16(13)28-21(17)24-19/h9-11H,4-8H2,1-3H3,(H,23,24,25). The Morgan fingerprint density at radius 3 is 2.82 bits per heavy atom. The maximum Gasteiger partial charge on any atom is 0.260 e. The molecule has 1 N–H and O–H groups in total. The first-order chi connectivity index (χ1) is 13.5. The smallest absolute Gasteiger partial charge is 0.260 e. The Balaban J connectivity index is 1.84. The highest BCUT2D eigenvalue weighted by molar-refractivity contribution is 9.10. The number of halogens is 1. The molecule has 0 saturated carbocycles. The zero-order valence-electron chi connectivity index (χ0n) is 16.2. The van der Waals surface area contributed by atoms with Crippen LogP contribution in [0.4, 0.5) is 0 Å². The number of rotatable bonds is 5. The van der Waals surface area contributed by atoms with E-state index in [9.17, 15) is 4.79 Å². The number of fused-ring (bicyclic) bond motifs is 3. The van der Waals surface area contributed by atoms with E-state index >= 15 is 0 Å². The maximum atomic E-state index is 12.9. The molecule has 1 atom stereocenters. The predicted molar refractivity (Wildman–Crippen MR) is 117 cm³/mol. The van der Waals surface area contributed by atoms with Crippen molar-refractivity contribution in [2.45, 2.75) is 40.0 Å². The van der Waals surface area contributed by atoms with Gasteiger partial charge in [-0.25, -0.2) is 4.98 Å². The van der Waals surface area contributed by atoms with Crippen molar-refractivity contribution >= 4 is 37.5 Å². The number of ether oxygens (including phenoxy) is 2. The van der Waals surface area contributed by atoms with Crippen molar-refractivity contribution in [3.63, 3.8) is 0 Å². The number of thiophene rings is 1. The molecule has 0 amide bonds. The van der Waals surface area contributed by atoms with Crippen molar-refractivity contribution in [3.8, 4) is 22.9 Å². The molecule has 0 spiro atoms. The molecule has 148 valence electrons. The molecule has 1 unspecified atom stereocenters. The lowest BCUT2D eigenvalue weighted by Gasteiger charge is -2.17. The van der Waals surface area contributed by atoms with E-state index in [1.54, 1.807) is 11.3 Å². The average Bonchev–Trinajstić information content (AvgIpc) is 3.02. The monoisotopic (exact) mass is 462 g/mol. The molecule has 28 heavy (non-hydrogen) atoms. The normalized spacial score (nSPS) is 16.2. The van der Waals surface area contributed by atoms with Gasteiger partial charge in [-0.3, -0.25) is 4.79 Å². The van der Waals surface area contributed by atoms with Gasteiger partial charge in [-0.2, -0.15) is 0 Å². The Morgan fingerprint density at radius 2 is 2.07 bits per heavy atom. The van der Waals surface area contributed by atoms with Crippen LogP contribution in [0.15, 0.2) is 21.4 Å². The summed E-state index contributed by atoms with van der Waals surface area (Å²) in [4.78, 5) is 22.8. The zero-order chi connectivity index (χ0) is 19.8. The minimum absolute atomic E-state index is 0.0602. The highest BCUT2D eigenvalue weighted by Crippen LogP contribution is 2.40. The summed E-state index contributed by atoms with van der Waals surface area (Å²) in [6.07, 6.45) is 3.13. The lowest BCUT2D eigenvalue weighted by atomic mass is 9.89. The van der Waals surface area contributed by atoms with Crippen molar-refractivity contribution in [2.24, 2.45) is 5.92 Å². The average molecular weight is 463 g/mol. The lowest BCUT2D eigenvalue weighted by Crippen LogP contribution is -2.13. The summed E-state index contributed by atoms with van der Waals surface area (Å²) in [7, 11) is 0. The Labute approximate surface area is 176 Å². The van der Waals surface area contributed by atoms with Gasteiger partial charge in [-0.15, -0.1) is 11.3 Å². The number of benzene rings is 1. The molecule has 0 radical (unpaired) electrons. The number of aromatic amines is 1. The molecule has 1 aromatic carbocycles. The summed E-state index contributed by atoms with van der Waals surface area (Å²) in [6, 6.07) is 3.78. The van der Waals surface area contributed by atoms with Gasteiger partial charge < -0.3 is 14.5 Å². The topological polar surface area (TPSA) is 64.2 Å². The lowest BCUT2D eigenvalue weighted by molar-refractivity contribution is 0.286. The van der Waals surface area contributed by atoms with Gasteiger partial charge in [0.25, 0.3) is 5.56 Å². The molecule has 0 aliphatic heterocycles. The molecule has 3 aromatic rings. The van der Waals surface area contributed by atoms with Crippen LogP contribution in [0.3, 0.4) is 0 Å². The minimum Gasteiger partial charge on any atom is -0.490 e. The fourth-order valence-electron chi connectivity index (χ4n) is 3.74. The van der Waals surface area contributed by atoms with Crippen LogP contribution in [0.1, 0.15) is 37.6 Å². The number of aromatic nitrogens is 2. The Hall–Kier alpha value is -1.86. The summed E-state index contributed by atoms with van der Waals surface area (Å²) >= 11 is 5.22. The van der Waals surface area contributed by atoms with Crippen LogP contribution in [-0.2, 0) is 12.8 Å². The highest BCUT2D eigenvalue weighted by Gasteiger charge is 2.23. The van der Waals surface area contributed by atoms with Crippen LogP contribution in [0, 0.1) is 5.92 Å². The van der Waals surface area contributed by atoms with Crippen molar-refractivity contribution in [3.05, 3.63) is 37.4 Å². The Bertz CT molecular complexity index is 1090. The van der Waals surface area contributed by atoms with Gasteiger partial charge in [0.2, 0.25) is 0 Å². The quantitative estimate of drug-likeness (QED) is 0.555. The summed E-state index contributed by atoms with van der Waals surface area (Å²) in [6.45, 7) is 7.19. The van der Waals surface area contributed by atoms with Crippen LogP contribution in [0.2, 0.25) is 0 Å². The SMILES string of the molecule is CCOc1cc(-c2nc3sc4c(c3c(=O)[nH]2)CCC(C)C4)cc(Br)c1OCC. The molecule has 2 heterocycles. The summed E-state index contributed by atoms with van der Waals surface area (Å²) < 4.78 is 12.2. The van der Waals surface area contributed by atoms with Gasteiger partial charge in [-0.05, 0) is 72.7 Å².